The molecular weight excluding hydrogens is 509 g/mol. The van der Waals surface area contributed by atoms with Crippen molar-refractivity contribution in [1.82, 2.24) is 29.8 Å². The summed E-state index contributed by atoms with van der Waals surface area (Å²) >= 11 is 4.53. The zero-order chi connectivity index (χ0) is 22.8. The molecule has 0 bridgehead atoms. The fourth-order valence-electron chi connectivity index (χ4n) is 3.37. The average Bonchev–Trinajstić information content (AvgIpc) is 3.43. The van der Waals surface area contributed by atoms with E-state index in [1.807, 2.05) is 0 Å². The predicted molar refractivity (Wildman–Crippen MR) is 113 cm³/mol. The molecule has 0 saturated carbocycles. The molecular formula is C18H17BrFN7O4S. The van der Waals surface area contributed by atoms with Crippen LogP contribution in [-0.2, 0) is 9.47 Å². The van der Waals surface area contributed by atoms with Crippen LogP contribution in [0.15, 0.2) is 40.1 Å². The van der Waals surface area contributed by atoms with E-state index >= 15 is 0 Å². The Kier molecular flexibility index (Phi) is 6.84. The number of aliphatic hydroxyl groups excluding tert-OH is 2. The van der Waals surface area contributed by atoms with Crippen molar-refractivity contribution in [3.05, 3.63) is 52.6 Å². The molecule has 0 amide bonds. The van der Waals surface area contributed by atoms with E-state index in [-0.39, 0.29) is 11.6 Å². The molecule has 1 fully saturated rings. The highest BCUT2D eigenvalue weighted by molar-refractivity contribution is 9.10. The number of ether oxygens (including phenoxy) is 2. The quantitative estimate of drug-likeness (QED) is 0.462. The number of pyridine rings is 1. The Labute approximate surface area is 194 Å². The van der Waals surface area contributed by atoms with Crippen molar-refractivity contribution in [3.63, 3.8) is 0 Å². The molecule has 3 aromatic heterocycles. The van der Waals surface area contributed by atoms with Gasteiger partial charge in [-0.1, -0.05) is 11.8 Å². The molecule has 0 aromatic carbocycles. The van der Waals surface area contributed by atoms with Gasteiger partial charge in [0.15, 0.2) is 5.82 Å². The third-order valence-electron chi connectivity index (χ3n) is 4.84. The van der Waals surface area contributed by atoms with Gasteiger partial charge in [0.05, 0.1) is 17.3 Å². The normalized spacial score (nSPS) is 25.6. The second-order valence-corrected chi connectivity index (χ2v) is 8.81. The molecule has 11 nitrogen and oxygen atoms in total. The van der Waals surface area contributed by atoms with E-state index in [1.165, 1.54) is 52.9 Å². The summed E-state index contributed by atoms with van der Waals surface area (Å²) in [5.74, 6) is -0.252. The molecule has 0 spiro atoms. The maximum absolute atomic E-state index is 13.3. The fraction of sp³-hybridized carbons (Fsp3) is 0.389. The lowest BCUT2D eigenvalue weighted by atomic mass is 9.97. The first kappa shape index (κ1) is 22.8. The third-order valence-corrected chi connectivity index (χ3v) is 6.44. The first-order valence-corrected chi connectivity index (χ1v) is 10.9. The van der Waals surface area contributed by atoms with Gasteiger partial charge in [0, 0.05) is 24.3 Å². The van der Waals surface area contributed by atoms with Crippen LogP contribution >= 0.6 is 27.7 Å². The second kappa shape index (κ2) is 9.61. The van der Waals surface area contributed by atoms with E-state index < -0.39 is 42.3 Å². The van der Waals surface area contributed by atoms with Crippen LogP contribution < -0.4 is 0 Å². The standard InChI is InChI=1S/C18H17BrFN7O4S/c1-21-17-11(5-9(19)6-22-17)32-18-16(30-2)14(15(29)10(8-28)31-18)27-7-13(23-25-27)26-4-3-12(20)24-26/h3-7,10,14-16,18,28-29H,8H2,2H3/t10?,14-,15-,16?,18+/m0/s1. The van der Waals surface area contributed by atoms with Gasteiger partial charge in [-0.15, -0.1) is 26.9 Å². The monoisotopic (exact) mass is 525 g/mol. The van der Waals surface area contributed by atoms with Crippen molar-refractivity contribution in [2.24, 2.45) is 0 Å². The van der Waals surface area contributed by atoms with Crippen LogP contribution in [0.3, 0.4) is 0 Å². The molecule has 1 aliphatic rings. The lowest BCUT2D eigenvalue weighted by Gasteiger charge is -2.43. The number of hydrogen-bond donors (Lipinski definition) is 2. The molecule has 2 unspecified atom stereocenters. The molecule has 4 rings (SSSR count). The lowest BCUT2D eigenvalue weighted by Crippen LogP contribution is -2.55. The van der Waals surface area contributed by atoms with Gasteiger partial charge < -0.3 is 24.5 Å². The lowest BCUT2D eigenvalue weighted by molar-refractivity contribution is -0.186. The summed E-state index contributed by atoms with van der Waals surface area (Å²) in [6.45, 7) is 6.91. The number of aromatic nitrogens is 6. The summed E-state index contributed by atoms with van der Waals surface area (Å²) in [6, 6.07) is 2.10. The molecule has 0 aliphatic carbocycles. The summed E-state index contributed by atoms with van der Waals surface area (Å²) in [6.07, 6.45) is 1.50. The smallest absolute Gasteiger partial charge is 0.283 e. The van der Waals surface area contributed by atoms with E-state index in [1.54, 1.807) is 6.07 Å². The maximum Gasteiger partial charge on any atom is 0.283 e. The minimum Gasteiger partial charge on any atom is -0.394 e. The van der Waals surface area contributed by atoms with Crippen molar-refractivity contribution < 1.29 is 24.1 Å². The Morgan fingerprint density at radius 2 is 2.28 bits per heavy atom. The second-order valence-electron chi connectivity index (χ2n) is 6.75. The topological polar surface area (TPSA) is 125 Å². The van der Waals surface area contributed by atoms with E-state index in [4.69, 9.17) is 16.0 Å². The highest BCUT2D eigenvalue weighted by Gasteiger charge is 2.47. The highest BCUT2D eigenvalue weighted by Crippen LogP contribution is 2.42. The summed E-state index contributed by atoms with van der Waals surface area (Å²) in [5.41, 5.74) is -0.725. The zero-order valence-electron chi connectivity index (χ0n) is 16.5. The van der Waals surface area contributed by atoms with Crippen molar-refractivity contribution >= 4 is 33.5 Å². The molecule has 1 aliphatic heterocycles. The van der Waals surface area contributed by atoms with Crippen LogP contribution in [0.2, 0.25) is 0 Å². The Morgan fingerprint density at radius 3 is 2.94 bits per heavy atom. The van der Waals surface area contributed by atoms with Gasteiger partial charge in [-0.05, 0) is 22.0 Å². The third kappa shape index (κ3) is 4.40. The van der Waals surface area contributed by atoms with E-state index in [9.17, 15) is 14.6 Å². The fourth-order valence-corrected chi connectivity index (χ4v) is 5.10. The van der Waals surface area contributed by atoms with E-state index in [0.29, 0.717) is 9.37 Å². The summed E-state index contributed by atoms with van der Waals surface area (Å²) in [5, 5.41) is 32.4. The molecule has 3 aromatic rings. The Hall–Kier alpha value is -2.41. The van der Waals surface area contributed by atoms with Crippen molar-refractivity contribution in [1.29, 1.82) is 0 Å². The Bertz CT molecular complexity index is 1140. The van der Waals surface area contributed by atoms with Gasteiger partial charge in [0.1, 0.15) is 36.0 Å². The number of thioether (sulfide) groups is 1. The molecule has 0 radical (unpaired) electrons. The van der Waals surface area contributed by atoms with E-state index in [2.05, 4.69) is 41.2 Å². The molecule has 168 valence electrons. The highest BCUT2D eigenvalue weighted by atomic mass is 79.9. The van der Waals surface area contributed by atoms with Crippen LogP contribution in [0.4, 0.5) is 10.2 Å². The minimum atomic E-state index is -1.19. The van der Waals surface area contributed by atoms with Crippen molar-refractivity contribution in [2.75, 3.05) is 13.7 Å². The van der Waals surface area contributed by atoms with Gasteiger partial charge in [-0.3, -0.25) is 0 Å². The largest absolute Gasteiger partial charge is 0.394 e. The maximum atomic E-state index is 13.3. The van der Waals surface area contributed by atoms with Crippen LogP contribution in [0.1, 0.15) is 6.04 Å². The molecule has 2 N–H and O–H groups in total. The molecule has 4 heterocycles. The van der Waals surface area contributed by atoms with Crippen molar-refractivity contribution in [2.45, 2.75) is 34.7 Å². The zero-order valence-corrected chi connectivity index (χ0v) is 18.9. The first-order valence-electron chi connectivity index (χ1n) is 9.25. The number of rotatable bonds is 6. The first-order chi connectivity index (χ1) is 15.4. The van der Waals surface area contributed by atoms with Gasteiger partial charge >= 0.3 is 0 Å². The summed E-state index contributed by atoms with van der Waals surface area (Å²) in [4.78, 5) is 8.07. The van der Waals surface area contributed by atoms with E-state index in [0.717, 1.165) is 0 Å². The number of methoxy groups -OCH3 is 1. The van der Waals surface area contributed by atoms with Gasteiger partial charge in [0.2, 0.25) is 5.95 Å². The van der Waals surface area contributed by atoms with Gasteiger partial charge in [-0.25, -0.2) is 9.36 Å². The number of hydrogen-bond acceptors (Lipinski definition) is 9. The van der Waals surface area contributed by atoms with Crippen LogP contribution in [-0.4, -0.2) is 77.4 Å². The molecule has 14 heteroatoms. The molecule has 32 heavy (non-hydrogen) atoms. The van der Waals surface area contributed by atoms with Crippen LogP contribution in [0.5, 0.6) is 0 Å². The Morgan fingerprint density at radius 1 is 1.47 bits per heavy atom. The average molecular weight is 526 g/mol. The number of aliphatic hydroxyl groups is 2. The Balaban J connectivity index is 1.68. The summed E-state index contributed by atoms with van der Waals surface area (Å²) < 4.78 is 28.1. The van der Waals surface area contributed by atoms with Gasteiger partial charge in [0.25, 0.3) is 5.82 Å². The van der Waals surface area contributed by atoms with Crippen molar-refractivity contribution in [3.8, 4) is 5.82 Å². The predicted octanol–water partition coefficient (Wildman–Crippen LogP) is 1.74. The van der Waals surface area contributed by atoms with Crippen LogP contribution in [0.25, 0.3) is 10.7 Å². The number of nitrogens with zero attached hydrogens (tertiary/aromatic N) is 7. The molecule has 5 atom stereocenters. The molecule has 1 saturated heterocycles. The number of halogens is 2. The SMILES string of the molecule is [C-]#[N+]c1ncc(Br)cc1S[C@H]1OC(CO)[C@H](O)[C@H](n2cc(-n3ccc(F)n3)nn2)C1OC. The van der Waals surface area contributed by atoms with Gasteiger partial charge in [-0.2, -0.15) is 4.39 Å². The van der Waals surface area contributed by atoms with Crippen LogP contribution in [0, 0.1) is 12.5 Å². The minimum absolute atomic E-state index is 0.184. The summed E-state index contributed by atoms with van der Waals surface area (Å²) in [7, 11) is 1.45.